The first-order chi connectivity index (χ1) is 11.4. The maximum absolute atomic E-state index is 12.9. The molecule has 1 aliphatic rings. The molecule has 1 aromatic heterocycles. The summed E-state index contributed by atoms with van der Waals surface area (Å²) in [5, 5.41) is 1.07. The molecule has 3 unspecified atom stereocenters. The van der Waals surface area contributed by atoms with Crippen molar-refractivity contribution < 1.29 is 4.79 Å². The van der Waals surface area contributed by atoms with E-state index in [4.69, 9.17) is 0 Å². The summed E-state index contributed by atoms with van der Waals surface area (Å²) in [6.07, 6.45) is 1.22. The van der Waals surface area contributed by atoms with Crippen LogP contribution in [0.15, 0.2) is 24.3 Å². The molecule has 4 nitrogen and oxygen atoms in total. The molecular weight excluding hydrogens is 318 g/mol. The van der Waals surface area contributed by atoms with Crippen molar-refractivity contribution in [3.05, 3.63) is 29.3 Å². The van der Waals surface area contributed by atoms with Gasteiger partial charge in [-0.25, -0.2) is 4.98 Å². The van der Waals surface area contributed by atoms with Crippen LogP contribution in [0, 0.1) is 11.8 Å². The Bertz CT molecular complexity index is 670. The van der Waals surface area contributed by atoms with Crippen LogP contribution in [0.25, 0.3) is 10.2 Å². The van der Waals surface area contributed by atoms with E-state index >= 15 is 0 Å². The number of hydrogen-bond acceptors (Lipinski definition) is 4. The van der Waals surface area contributed by atoms with Gasteiger partial charge in [0.05, 0.1) is 22.8 Å². The molecule has 0 spiro atoms. The van der Waals surface area contributed by atoms with Gasteiger partial charge in [0.25, 0.3) is 0 Å². The Kier molecular flexibility index (Phi) is 5.21. The number of para-hydroxylation sites is 1. The van der Waals surface area contributed by atoms with Crippen LogP contribution >= 0.6 is 11.3 Å². The number of rotatable bonds is 4. The molecule has 130 valence electrons. The molecule has 3 atom stereocenters. The Morgan fingerprint density at radius 2 is 2.00 bits per heavy atom. The van der Waals surface area contributed by atoms with Gasteiger partial charge in [-0.1, -0.05) is 26.0 Å². The number of piperidine rings is 1. The van der Waals surface area contributed by atoms with Gasteiger partial charge in [-0.3, -0.25) is 9.69 Å². The number of likely N-dealkylation sites (N-methyl/N-ethyl adjacent to an activating group) is 1. The average Bonchev–Trinajstić information content (AvgIpc) is 2.94. The van der Waals surface area contributed by atoms with Crippen molar-refractivity contribution in [1.29, 1.82) is 0 Å². The highest BCUT2D eigenvalue weighted by Crippen LogP contribution is 2.24. The second-order valence-electron chi connectivity index (χ2n) is 7.36. The van der Waals surface area contributed by atoms with Crippen LogP contribution < -0.4 is 0 Å². The molecule has 0 aliphatic carbocycles. The van der Waals surface area contributed by atoms with Crippen molar-refractivity contribution in [2.75, 3.05) is 20.1 Å². The topological polar surface area (TPSA) is 36.4 Å². The van der Waals surface area contributed by atoms with Crippen molar-refractivity contribution >= 4 is 27.5 Å². The average molecular weight is 346 g/mol. The summed E-state index contributed by atoms with van der Waals surface area (Å²) in [5.74, 6) is 1.44. The lowest BCUT2D eigenvalue weighted by Crippen LogP contribution is -2.50. The van der Waals surface area contributed by atoms with Crippen molar-refractivity contribution in [3.63, 3.8) is 0 Å². The van der Waals surface area contributed by atoms with E-state index in [0.29, 0.717) is 18.4 Å². The molecule has 1 fully saturated rings. The fraction of sp³-hybridized carbons (Fsp3) is 0.579. The molecule has 0 N–H and O–H groups in total. The standard InChI is InChI=1S/C19H27N3OS/c1-13-9-14(2)11-22(10-13)19(23)15(3)21(4)12-18-20-16-7-5-6-8-17(16)24-18/h5-8,13-15H,9-12H2,1-4H3. The van der Waals surface area contributed by atoms with E-state index in [1.165, 1.54) is 11.1 Å². The first-order valence-corrected chi connectivity index (χ1v) is 9.59. The zero-order valence-corrected chi connectivity index (χ0v) is 15.8. The van der Waals surface area contributed by atoms with Gasteiger partial charge in [-0.05, 0) is 44.4 Å². The fourth-order valence-corrected chi connectivity index (χ4v) is 4.66. The Morgan fingerprint density at radius 1 is 1.33 bits per heavy atom. The molecule has 1 amide bonds. The second kappa shape index (κ2) is 7.19. The van der Waals surface area contributed by atoms with Crippen LogP contribution in [0.5, 0.6) is 0 Å². The van der Waals surface area contributed by atoms with E-state index in [-0.39, 0.29) is 11.9 Å². The monoisotopic (exact) mass is 345 g/mol. The number of aromatic nitrogens is 1. The van der Waals surface area contributed by atoms with Gasteiger partial charge in [0.1, 0.15) is 5.01 Å². The molecule has 5 heteroatoms. The minimum Gasteiger partial charge on any atom is -0.341 e. The summed E-state index contributed by atoms with van der Waals surface area (Å²) in [7, 11) is 2.02. The molecule has 0 radical (unpaired) electrons. The van der Waals surface area contributed by atoms with Gasteiger partial charge in [-0.15, -0.1) is 11.3 Å². The van der Waals surface area contributed by atoms with Gasteiger partial charge in [0.2, 0.25) is 5.91 Å². The third-order valence-electron chi connectivity index (χ3n) is 4.92. The van der Waals surface area contributed by atoms with Crippen LogP contribution in [0.2, 0.25) is 0 Å². The second-order valence-corrected chi connectivity index (χ2v) is 8.47. The van der Waals surface area contributed by atoms with Gasteiger partial charge < -0.3 is 4.90 Å². The van der Waals surface area contributed by atoms with Gasteiger partial charge in [0, 0.05) is 13.1 Å². The Morgan fingerprint density at radius 3 is 2.67 bits per heavy atom. The van der Waals surface area contributed by atoms with Crippen molar-refractivity contribution in [2.45, 2.75) is 39.8 Å². The molecule has 3 rings (SSSR count). The number of fused-ring (bicyclic) bond motifs is 1. The highest BCUT2D eigenvalue weighted by Gasteiger charge is 2.30. The Labute approximate surface area is 148 Å². The van der Waals surface area contributed by atoms with Crippen LogP contribution in [0.3, 0.4) is 0 Å². The summed E-state index contributed by atoms with van der Waals surface area (Å²) in [6, 6.07) is 8.08. The minimum absolute atomic E-state index is 0.116. The van der Waals surface area contributed by atoms with Crippen LogP contribution in [0.4, 0.5) is 0 Å². The lowest BCUT2D eigenvalue weighted by molar-refractivity contribution is -0.138. The maximum atomic E-state index is 12.9. The molecule has 2 aromatic rings. The number of benzene rings is 1. The zero-order valence-electron chi connectivity index (χ0n) is 15.0. The summed E-state index contributed by atoms with van der Waals surface area (Å²) in [6.45, 7) is 8.99. The van der Waals surface area contributed by atoms with Crippen LogP contribution in [-0.2, 0) is 11.3 Å². The highest BCUT2D eigenvalue weighted by molar-refractivity contribution is 7.18. The van der Waals surface area contributed by atoms with E-state index in [9.17, 15) is 4.79 Å². The molecule has 1 aromatic carbocycles. The predicted octanol–water partition coefficient (Wildman–Crippen LogP) is 3.62. The lowest BCUT2D eigenvalue weighted by atomic mass is 9.91. The third kappa shape index (κ3) is 3.78. The summed E-state index contributed by atoms with van der Waals surface area (Å²) < 4.78 is 1.21. The number of likely N-dealkylation sites (tertiary alicyclic amines) is 1. The van der Waals surface area contributed by atoms with Gasteiger partial charge in [-0.2, -0.15) is 0 Å². The molecule has 0 saturated carbocycles. The van der Waals surface area contributed by atoms with Gasteiger partial charge in [0.15, 0.2) is 0 Å². The van der Waals surface area contributed by atoms with Crippen LogP contribution in [-0.4, -0.2) is 46.9 Å². The van der Waals surface area contributed by atoms with Crippen molar-refractivity contribution in [2.24, 2.45) is 11.8 Å². The highest BCUT2D eigenvalue weighted by atomic mass is 32.1. The van der Waals surface area contributed by atoms with E-state index in [2.05, 4.69) is 34.7 Å². The number of nitrogens with zero attached hydrogens (tertiary/aromatic N) is 3. The Balaban J connectivity index is 1.65. The fourth-order valence-electron chi connectivity index (χ4n) is 3.63. The Hall–Kier alpha value is -1.46. The predicted molar refractivity (Wildman–Crippen MR) is 100 cm³/mol. The summed E-state index contributed by atoms with van der Waals surface area (Å²) in [4.78, 5) is 21.7. The number of amides is 1. The zero-order chi connectivity index (χ0) is 17.3. The largest absolute Gasteiger partial charge is 0.341 e. The normalized spacial score (nSPS) is 23.0. The van der Waals surface area contributed by atoms with Crippen molar-refractivity contribution in [1.82, 2.24) is 14.8 Å². The van der Waals surface area contributed by atoms with E-state index in [0.717, 1.165) is 23.6 Å². The number of carbonyl (C=O) groups excluding carboxylic acids is 1. The summed E-state index contributed by atoms with van der Waals surface area (Å²) in [5.41, 5.74) is 1.04. The van der Waals surface area contributed by atoms with Gasteiger partial charge >= 0.3 is 0 Å². The SMILES string of the molecule is CC1CC(C)CN(C(=O)C(C)N(C)Cc2nc3ccccc3s2)C1. The van der Waals surface area contributed by atoms with E-state index < -0.39 is 0 Å². The quantitative estimate of drug-likeness (QED) is 0.849. The molecule has 2 heterocycles. The lowest BCUT2D eigenvalue weighted by Gasteiger charge is -2.38. The first kappa shape index (κ1) is 17.4. The molecular formula is C19H27N3OS. The maximum Gasteiger partial charge on any atom is 0.239 e. The third-order valence-corrected chi connectivity index (χ3v) is 5.94. The van der Waals surface area contributed by atoms with Crippen LogP contribution in [0.1, 0.15) is 32.2 Å². The smallest absolute Gasteiger partial charge is 0.239 e. The molecule has 1 aliphatic heterocycles. The molecule has 0 bridgehead atoms. The molecule has 24 heavy (non-hydrogen) atoms. The van der Waals surface area contributed by atoms with Crippen molar-refractivity contribution in [3.8, 4) is 0 Å². The number of hydrogen-bond donors (Lipinski definition) is 0. The summed E-state index contributed by atoms with van der Waals surface area (Å²) >= 11 is 1.71. The minimum atomic E-state index is -0.116. The first-order valence-electron chi connectivity index (χ1n) is 8.77. The number of carbonyl (C=O) groups is 1. The molecule has 1 saturated heterocycles. The van der Waals surface area contributed by atoms with E-state index in [1.807, 2.05) is 32.2 Å². The van der Waals surface area contributed by atoms with E-state index in [1.54, 1.807) is 11.3 Å². The number of thiazole rings is 1.